The number of esters is 1. The van der Waals surface area contributed by atoms with Gasteiger partial charge in [0.15, 0.2) is 0 Å². The average Bonchev–Trinajstić information content (AvgIpc) is 2.14. The van der Waals surface area contributed by atoms with E-state index in [4.69, 9.17) is 4.74 Å². The Bertz CT molecular complexity index is 272. The topological polar surface area (TPSA) is 55.4 Å². The molecule has 0 aliphatic heterocycles. The number of carbonyl (C=O) groups is 1. The smallest absolute Gasteiger partial charge is 0.377 e. The largest absolute Gasteiger partial charge is 0.462 e. The summed E-state index contributed by atoms with van der Waals surface area (Å²) in [7, 11) is 0. The van der Waals surface area contributed by atoms with Crippen molar-refractivity contribution in [3.63, 3.8) is 0 Å². The van der Waals surface area contributed by atoms with Crippen LogP contribution in [-0.4, -0.2) is 19.2 Å². The third-order valence-corrected chi connectivity index (χ3v) is 1.58. The van der Waals surface area contributed by atoms with Crippen molar-refractivity contribution < 1.29 is 19.4 Å². The monoisotopic (exact) mass is 213 g/mol. The van der Waals surface area contributed by atoms with Gasteiger partial charge >= 0.3 is 11.9 Å². The molecule has 0 heterocycles. The standard InChI is InChI=1S/C11H17O4/c1-5-14-10(12)7-9(8(3)4)11(13)15-6-2/h8H,5-6H2,1-4H3. The Morgan fingerprint density at radius 1 is 1.20 bits per heavy atom. The van der Waals surface area contributed by atoms with Gasteiger partial charge in [-0.05, 0) is 25.5 Å². The van der Waals surface area contributed by atoms with Crippen molar-refractivity contribution >= 4 is 5.97 Å². The van der Waals surface area contributed by atoms with Crippen LogP contribution < -0.4 is 0 Å². The minimum atomic E-state index is -0.630. The zero-order valence-electron chi connectivity index (χ0n) is 9.62. The molecule has 0 rings (SSSR count). The van der Waals surface area contributed by atoms with E-state index in [9.17, 15) is 9.90 Å². The van der Waals surface area contributed by atoms with Gasteiger partial charge in [-0.3, -0.25) is 0 Å². The van der Waals surface area contributed by atoms with Gasteiger partial charge in [-0.2, -0.15) is 0 Å². The molecule has 0 bridgehead atoms. The fraction of sp³-hybridized carbons (Fsp3) is 0.636. The zero-order valence-corrected chi connectivity index (χ0v) is 9.62. The fourth-order valence-corrected chi connectivity index (χ4v) is 0.917. The first-order chi connectivity index (χ1) is 7.02. The summed E-state index contributed by atoms with van der Waals surface area (Å²) >= 11 is 0. The first-order valence-electron chi connectivity index (χ1n) is 5.00. The van der Waals surface area contributed by atoms with Gasteiger partial charge in [-0.25, -0.2) is 9.90 Å². The third kappa shape index (κ3) is 5.13. The molecule has 0 saturated heterocycles. The molecule has 0 fully saturated rings. The molecule has 0 atom stereocenters. The molecular weight excluding hydrogens is 196 g/mol. The highest BCUT2D eigenvalue weighted by Crippen LogP contribution is 2.11. The lowest BCUT2D eigenvalue weighted by atomic mass is 10.1. The Hall–Kier alpha value is -1.41. The van der Waals surface area contributed by atoms with Crippen LogP contribution in [0.25, 0.3) is 0 Å². The molecule has 15 heavy (non-hydrogen) atoms. The van der Waals surface area contributed by atoms with Crippen LogP contribution >= 0.6 is 0 Å². The van der Waals surface area contributed by atoms with Crippen LogP contribution in [0.2, 0.25) is 0 Å². The molecule has 0 aliphatic rings. The normalized spacial score (nSPS) is 9.40. The minimum absolute atomic E-state index is 0.117. The number of carbonyl (C=O) groups excluding carboxylic acids is 1. The Kier molecular flexibility index (Phi) is 6.30. The van der Waals surface area contributed by atoms with E-state index in [-0.39, 0.29) is 24.7 Å². The number of ether oxygens (including phenoxy) is 2. The Labute approximate surface area is 90.2 Å². The lowest BCUT2D eigenvalue weighted by Gasteiger charge is -2.06. The predicted molar refractivity (Wildman–Crippen MR) is 54.3 cm³/mol. The highest BCUT2D eigenvalue weighted by molar-refractivity contribution is 5.88. The summed E-state index contributed by atoms with van der Waals surface area (Å²) in [5, 5.41) is 11.1. The Morgan fingerprint density at radius 3 is 2.13 bits per heavy atom. The fourth-order valence-electron chi connectivity index (χ4n) is 0.917. The molecule has 0 aromatic carbocycles. The Balaban J connectivity index is 4.95. The van der Waals surface area contributed by atoms with Crippen LogP contribution in [0.3, 0.4) is 0 Å². The summed E-state index contributed by atoms with van der Waals surface area (Å²) in [5.41, 5.74) is 2.60. The third-order valence-electron chi connectivity index (χ3n) is 1.58. The molecule has 0 amide bonds. The van der Waals surface area contributed by atoms with E-state index in [1.54, 1.807) is 27.7 Å². The summed E-state index contributed by atoms with van der Waals surface area (Å²) in [6.45, 7) is 7.52. The van der Waals surface area contributed by atoms with Gasteiger partial charge in [0.1, 0.15) is 0 Å². The second kappa shape index (κ2) is 6.96. The maximum absolute atomic E-state index is 11.4. The molecule has 0 aromatic rings. The lowest BCUT2D eigenvalue weighted by Crippen LogP contribution is -2.11. The second-order valence-corrected chi connectivity index (χ2v) is 3.13. The highest BCUT2D eigenvalue weighted by atomic mass is 16.6. The van der Waals surface area contributed by atoms with Gasteiger partial charge in [0.2, 0.25) is 0 Å². The van der Waals surface area contributed by atoms with Crippen LogP contribution in [-0.2, 0) is 19.4 Å². The molecular formula is C11H17O4. The molecule has 1 radical (unpaired) electrons. The van der Waals surface area contributed by atoms with E-state index in [1.807, 2.05) is 0 Å². The van der Waals surface area contributed by atoms with Crippen molar-refractivity contribution in [2.75, 3.05) is 13.2 Å². The van der Waals surface area contributed by atoms with Gasteiger partial charge in [-0.1, -0.05) is 13.8 Å². The SMILES string of the molecule is CCOC(=O)C(=C=C([O])OCC)C(C)C. The summed E-state index contributed by atoms with van der Waals surface area (Å²) < 4.78 is 9.47. The van der Waals surface area contributed by atoms with E-state index >= 15 is 0 Å². The van der Waals surface area contributed by atoms with Gasteiger partial charge in [0, 0.05) is 0 Å². The molecule has 0 spiro atoms. The van der Waals surface area contributed by atoms with Gasteiger partial charge < -0.3 is 9.47 Å². The van der Waals surface area contributed by atoms with Crippen molar-refractivity contribution in [3.05, 3.63) is 17.2 Å². The van der Waals surface area contributed by atoms with Crippen molar-refractivity contribution in [1.29, 1.82) is 0 Å². The molecule has 4 nitrogen and oxygen atoms in total. The molecule has 0 saturated carbocycles. The van der Waals surface area contributed by atoms with Crippen LogP contribution in [0.4, 0.5) is 0 Å². The van der Waals surface area contributed by atoms with Crippen molar-refractivity contribution in [2.24, 2.45) is 5.92 Å². The average molecular weight is 213 g/mol. The van der Waals surface area contributed by atoms with E-state index in [0.29, 0.717) is 0 Å². The highest BCUT2D eigenvalue weighted by Gasteiger charge is 2.15. The first kappa shape index (κ1) is 13.6. The van der Waals surface area contributed by atoms with E-state index in [0.717, 1.165) is 0 Å². The Morgan fingerprint density at radius 2 is 1.73 bits per heavy atom. The van der Waals surface area contributed by atoms with E-state index in [2.05, 4.69) is 10.5 Å². The quantitative estimate of drug-likeness (QED) is 0.304. The predicted octanol–water partition coefficient (Wildman–Crippen LogP) is 2.04. The summed E-state index contributed by atoms with van der Waals surface area (Å²) in [6, 6.07) is 0. The molecule has 0 aromatic heterocycles. The van der Waals surface area contributed by atoms with Crippen LogP contribution in [0.5, 0.6) is 0 Å². The van der Waals surface area contributed by atoms with Gasteiger partial charge in [0.05, 0.1) is 18.8 Å². The first-order valence-corrected chi connectivity index (χ1v) is 5.00. The summed E-state index contributed by atoms with van der Waals surface area (Å²) in [5.74, 6) is -1.26. The van der Waals surface area contributed by atoms with E-state index in [1.165, 1.54) is 0 Å². The van der Waals surface area contributed by atoms with Gasteiger partial charge in [-0.15, -0.1) is 0 Å². The number of hydrogen-bond acceptors (Lipinski definition) is 3. The van der Waals surface area contributed by atoms with Crippen LogP contribution in [0.1, 0.15) is 27.7 Å². The second-order valence-electron chi connectivity index (χ2n) is 3.13. The lowest BCUT2D eigenvalue weighted by molar-refractivity contribution is -0.139. The van der Waals surface area contributed by atoms with E-state index < -0.39 is 11.9 Å². The molecule has 0 unspecified atom stereocenters. The van der Waals surface area contributed by atoms with Crippen LogP contribution in [0.15, 0.2) is 17.2 Å². The number of hydrogen-bond donors (Lipinski definition) is 0. The molecule has 0 aliphatic carbocycles. The molecule has 4 heteroatoms. The maximum Gasteiger partial charge on any atom is 0.377 e. The van der Waals surface area contributed by atoms with Crippen molar-refractivity contribution in [2.45, 2.75) is 27.7 Å². The molecule has 85 valence electrons. The van der Waals surface area contributed by atoms with Crippen LogP contribution in [0, 0.1) is 5.92 Å². The maximum atomic E-state index is 11.4. The van der Waals surface area contributed by atoms with Crippen molar-refractivity contribution in [1.82, 2.24) is 0 Å². The summed E-state index contributed by atoms with van der Waals surface area (Å²) in [4.78, 5) is 11.4. The zero-order chi connectivity index (χ0) is 11.8. The summed E-state index contributed by atoms with van der Waals surface area (Å²) in [6.07, 6.45) is 0. The molecule has 0 N–H and O–H groups in total. The van der Waals surface area contributed by atoms with Gasteiger partial charge in [0.25, 0.3) is 0 Å². The van der Waals surface area contributed by atoms with Crippen molar-refractivity contribution in [3.8, 4) is 0 Å². The number of rotatable bonds is 5. The minimum Gasteiger partial charge on any atom is -0.462 e.